The molecule has 1 N–H and O–H groups in total. The number of likely N-dealkylation sites (tertiary alicyclic amines) is 1. The summed E-state index contributed by atoms with van der Waals surface area (Å²) in [5.74, 6) is -0.225. The summed E-state index contributed by atoms with van der Waals surface area (Å²) in [6.45, 7) is 2.10. The Morgan fingerprint density at radius 1 is 1.20 bits per heavy atom. The standard InChI is InChI=1S/C19H19BrClFN2O/c20-15-2-5-17(6-3-15)23-19(25)13-7-9-24(10-8-13)12-14-1-4-16(21)11-18(14)22/h1-6,11,13H,7-10,12H2,(H,23,25). The van der Waals surface area contributed by atoms with Crippen LogP contribution in [0.15, 0.2) is 46.9 Å². The molecule has 0 saturated carbocycles. The van der Waals surface area contributed by atoms with E-state index >= 15 is 0 Å². The number of halogens is 3. The van der Waals surface area contributed by atoms with E-state index in [1.807, 2.05) is 24.3 Å². The summed E-state index contributed by atoms with van der Waals surface area (Å²) < 4.78 is 14.9. The molecule has 2 aromatic carbocycles. The lowest BCUT2D eigenvalue weighted by Crippen LogP contribution is -2.37. The zero-order valence-electron chi connectivity index (χ0n) is 13.6. The molecule has 0 atom stereocenters. The molecule has 0 spiro atoms. The Balaban J connectivity index is 1.51. The quantitative estimate of drug-likeness (QED) is 0.740. The van der Waals surface area contributed by atoms with Crippen LogP contribution in [0.1, 0.15) is 18.4 Å². The fourth-order valence-corrected chi connectivity index (χ4v) is 3.44. The van der Waals surface area contributed by atoms with Crippen LogP contribution < -0.4 is 5.32 Å². The van der Waals surface area contributed by atoms with E-state index in [9.17, 15) is 9.18 Å². The number of hydrogen-bond acceptors (Lipinski definition) is 2. The predicted molar refractivity (Wildman–Crippen MR) is 102 cm³/mol. The molecule has 25 heavy (non-hydrogen) atoms. The maximum atomic E-state index is 13.9. The van der Waals surface area contributed by atoms with E-state index < -0.39 is 0 Å². The highest BCUT2D eigenvalue weighted by Gasteiger charge is 2.25. The largest absolute Gasteiger partial charge is 0.326 e. The zero-order valence-corrected chi connectivity index (χ0v) is 16.0. The van der Waals surface area contributed by atoms with Crippen molar-refractivity contribution in [2.24, 2.45) is 5.92 Å². The molecule has 2 aromatic rings. The fraction of sp³-hybridized carbons (Fsp3) is 0.316. The van der Waals surface area contributed by atoms with Crippen LogP contribution in [-0.2, 0) is 11.3 Å². The van der Waals surface area contributed by atoms with E-state index in [1.165, 1.54) is 6.07 Å². The number of hydrogen-bond donors (Lipinski definition) is 1. The predicted octanol–water partition coefficient (Wildman–Crippen LogP) is 5.09. The molecule has 1 heterocycles. The van der Waals surface area contributed by atoms with Gasteiger partial charge in [-0.3, -0.25) is 9.69 Å². The van der Waals surface area contributed by atoms with Crippen LogP contribution in [-0.4, -0.2) is 23.9 Å². The zero-order chi connectivity index (χ0) is 17.8. The van der Waals surface area contributed by atoms with Gasteiger partial charge in [0, 0.05) is 33.2 Å². The molecule has 132 valence electrons. The second kappa shape index (κ2) is 8.30. The first-order chi connectivity index (χ1) is 12.0. The van der Waals surface area contributed by atoms with Crippen molar-refractivity contribution in [3.05, 3.63) is 63.3 Å². The van der Waals surface area contributed by atoms with Crippen LogP contribution in [0.2, 0.25) is 5.02 Å². The molecule has 3 nitrogen and oxygen atoms in total. The summed E-state index contributed by atoms with van der Waals surface area (Å²) in [5, 5.41) is 3.37. The van der Waals surface area contributed by atoms with Gasteiger partial charge in [0.25, 0.3) is 0 Å². The van der Waals surface area contributed by atoms with Gasteiger partial charge in [-0.2, -0.15) is 0 Å². The molecule has 1 amide bonds. The third kappa shape index (κ3) is 5.03. The highest BCUT2D eigenvalue weighted by molar-refractivity contribution is 9.10. The van der Waals surface area contributed by atoms with E-state index in [2.05, 4.69) is 26.1 Å². The number of carbonyl (C=O) groups is 1. The minimum atomic E-state index is -0.275. The highest BCUT2D eigenvalue weighted by atomic mass is 79.9. The van der Waals surface area contributed by atoms with Gasteiger partial charge >= 0.3 is 0 Å². The molecule has 3 rings (SSSR count). The summed E-state index contributed by atoms with van der Waals surface area (Å²) in [4.78, 5) is 14.6. The van der Waals surface area contributed by atoms with Crippen molar-refractivity contribution in [2.45, 2.75) is 19.4 Å². The maximum Gasteiger partial charge on any atom is 0.227 e. The molecule has 0 aliphatic carbocycles. The molecular formula is C19H19BrClFN2O. The SMILES string of the molecule is O=C(Nc1ccc(Br)cc1)C1CCN(Cc2ccc(Cl)cc2F)CC1. The molecule has 0 bridgehead atoms. The van der Waals surface area contributed by atoms with Crippen LogP contribution >= 0.6 is 27.5 Å². The fourth-order valence-electron chi connectivity index (χ4n) is 3.02. The lowest BCUT2D eigenvalue weighted by molar-refractivity contribution is -0.121. The van der Waals surface area contributed by atoms with Gasteiger partial charge in [0.1, 0.15) is 5.82 Å². The van der Waals surface area contributed by atoms with Crippen molar-refractivity contribution in [2.75, 3.05) is 18.4 Å². The van der Waals surface area contributed by atoms with Crippen molar-refractivity contribution < 1.29 is 9.18 Å². The minimum Gasteiger partial charge on any atom is -0.326 e. The number of nitrogens with one attached hydrogen (secondary N) is 1. The van der Waals surface area contributed by atoms with Gasteiger partial charge in [0.05, 0.1) is 0 Å². The van der Waals surface area contributed by atoms with Gasteiger partial charge in [0.15, 0.2) is 0 Å². The first kappa shape index (κ1) is 18.4. The topological polar surface area (TPSA) is 32.3 Å². The van der Waals surface area contributed by atoms with Crippen molar-refractivity contribution >= 4 is 39.1 Å². The van der Waals surface area contributed by atoms with E-state index in [4.69, 9.17) is 11.6 Å². The Labute approximate surface area is 160 Å². The lowest BCUT2D eigenvalue weighted by Gasteiger charge is -2.31. The average molecular weight is 426 g/mol. The van der Waals surface area contributed by atoms with E-state index in [0.717, 1.165) is 36.1 Å². The Bertz CT molecular complexity index is 746. The molecule has 6 heteroatoms. The summed E-state index contributed by atoms with van der Waals surface area (Å²) >= 11 is 9.17. The number of anilines is 1. The van der Waals surface area contributed by atoms with Crippen LogP contribution in [0.5, 0.6) is 0 Å². The first-order valence-corrected chi connectivity index (χ1v) is 9.41. The molecule has 0 radical (unpaired) electrons. The number of nitrogens with zero attached hydrogens (tertiary/aromatic N) is 1. The summed E-state index contributed by atoms with van der Waals surface area (Å²) in [6.07, 6.45) is 1.55. The third-order valence-electron chi connectivity index (χ3n) is 4.48. The van der Waals surface area contributed by atoms with Crippen molar-refractivity contribution in [1.82, 2.24) is 4.90 Å². The summed E-state index contributed by atoms with van der Waals surface area (Å²) in [5.41, 5.74) is 1.45. The number of benzene rings is 2. The van der Waals surface area contributed by atoms with Gasteiger partial charge in [-0.1, -0.05) is 33.6 Å². The van der Waals surface area contributed by atoms with Crippen molar-refractivity contribution in [3.63, 3.8) is 0 Å². The van der Waals surface area contributed by atoms with E-state index in [-0.39, 0.29) is 17.6 Å². The lowest BCUT2D eigenvalue weighted by atomic mass is 9.95. The average Bonchev–Trinajstić information content (AvgIpc) is 2.60. The second-order valence-electron chi connectivity index (χ2n) is 6.28. The van der Waals surface area contributed by atoms with Crippen LogP contribution in [0.4, 0.5) is 10.1 Å². The molecular weight excluding hydrogens is 407 g/mol. The van der Waals surface area contributed by atoms with E-state index in [1.54, 1.807) is 12.1 Å². The van der Waals surface area contributed by atoms with Crippen LogP contribution in [0.25, 0.3) is 0 Å². The third-order valence-corrected chi connectivity index (χ3v) is 5.24. The molecule has 1 saturated heterocycles. The van der Waals surface area contributed by atoms with E-state index in [0.29, 0.717) is 17.1 Å². The summed E-state index contributed by atoms with van der Waals surface area (Å²) in [6, 6.07) is 12.3. The van der Waals surface area contributed by atoms with Gasteiger partial charge in [0.2, 0.25) is 5.91 Å². The first-order valence-electron chi connectivity index (χ1n) is 8.24. The number of amides is 1. The normalized spacial score (nSPS) is 16.0. The maximum absolute atomic E-state index is 13.9. The molecule has 1 fully saturated rings. The Morgan fingerprint density at radius 2 is 1.88 bits per heavy atom. The van der Waals surface area contributed by atoms with Crippen molar-refractivity contribution in [3.8, 4) is 0 Å². The Hall–Kier alpha value is -1.43. The van der Waals surface area contributed by atoms with Gasteiger partial charge in [-0.05, 0) is 62.3 Å². The minimum absolute atomic E-state index is 0.00467. The highest BCUT2D eigenvalue weighted by Crippen LogP contribution is 2.23. The summed E-state index contributed by atoms with van der Waals surface area (Å²) in [7, 11) is 0. The van der Waals surface area contributed by atoms with Crippen molar-refractivity contribution in [1.29, 1.82) is 0 Å². The molecule has 1 aliphatic heterocycles. The number of piperidine rings is 1. The van der Waals surface area contributed by atoms with Gasteiger partial charge < -0.3 is 5.32 Å². The van der Waals surface area contributed by atoms with Gasteiger partial charge in [-0.25, -0.2) is 4.39 Å². The van der Waals surface area contributed by atoms with Gasteiger partial charge in [-0.15, -0.1) is 0 Å². The molecule has 0 aromatic heterocycles. The number of rotatable bonds is 4. The number of carbonyl (C=O) groups excluding carboxylic acids is 1. The van der Waals surface area contributed by atoms with Crippen LogP contribution in [0, 0.1) is 11.7 Å². The monoisotopic (exact) mass is 424 g/mol. The smallest absolute Gasteiger partial charge is 0.227 e. The Morgan fingerprint density at radius 3 is 2.52 bits per heavy atom. The second-order valence-corrected chi connectivity index (χ2v) is 7.63. The van der Waals surface area contributed by atoms with Crippen LogP contribution in [0.3, 0.4) is 0 Å². The molecule has 1 aliphatic rings. The Kier molecular flexibility index (Phi) is 6.10. The molecule has 0 unspecified atom stereocenters.